The van der Waals surface area contributed by atoms with Crippen LogP contribution in [-0.4, -0.2) is 16.1 Å². The van der Waals surface area contributed by atoms with Crippen LogP contribution in [0, 0.1) is 5.82 Å². The summed E-state index contributed by atoms with van der Waals surface area (Å²) in [4.78, 5) is 24.5. The van der Waals surface area contributed by atoms with Gasteiger partial charge in [0.1, 0.15) is 5.82 Å². The molecule has 0 fully saturated rings. The molecular weight excluding hydrogens is 237 g/mol. The minimum atomic E-state index is -1.07. The lowest BCUT2D eigenvalue weighted by molar-refractivity contribution is -0.136. The van der Waals surface area contributed by atoms with Crippen LogP contribution in [0.1, 0.15) is 5.56 Å². The molecule has 0 aliphatic carbocycles. The molecule has 0 amide bonds. The lowest BCUT2D eigenvalue weighted by atomic mass is 10.0. The van der Waals surface area contributed by atoms with Gasteiger partial charge >= 0.3 is 5.97 Å². The Labute approximate surface area is 102 Å². The van der Waals surface area contributed by atoms with Gasteiger partial charge in [-0.3, -0.25) is 9.59 Å². The van der Waals surface area contributed by atoms with Gasteiger partial charge in [-0.25, -0.2) is 4.39 Å². The Morgan fingerprint density at radius 1 is 1.22 bits per heavy atom. The maximum absolute atomic E-state index is 12.8. The molecule has 1 heterocycles. The van der Waals surface area contributed by atoms with Crippen LogP contribution in [0.3, 0.4) is 0 Å². The second-order valence-electron chi connectivity index (χ2n) is 3.82. The number of carboxylic acids is 1. The number of hydrogen-bond donors (Lipinski definition) is 2. The lowest BCUT2D eigenvalue weighted by Crippen LogP contribution is -2.15. The number of halogens is 1. The quantitative estimate of drug-likeness (QED) is 0.868. The van der Waals surface area contributed by atoms with E-state index >= 15 is 0 Å². The largest absolute Gasteiger partial charge is 0.481 e. The van der Waals surface area contributed by atoms with E-state index in [9.17, 15) is 14.0 Å². The summed E-state index contributed by atoms with van der Waals surface area (Å²) in [7, 11) is 0. The first kappa shape index (κ1) is 12.0. The molecule has 92 valence electrons. The fraction of sp³-hybridized carbons (Fsp3) is 0.0769. The van der Waals surface area contributed by atoms with E-state index < -0.39 is 11.5 Å². The summed E-state index contributed by atoms with van der Waals surface area (Å²) < 4.78 is 12.8. The standard InChI is InChI=1S/C13H10FNO3/c14-11-3-1-8(2-4-11)10-5-9(6-12(16)17)13(18)15-7-10/h1-5,7H,6H2,(H,15,18)(H,16,17). The van der Waals surface area contributed by atoms with E-state index in [0.29, 0.717) is 11.1 Å². The van der Waals surface area contributed by atoms with Crippen LogP contribution in [0.5, 0.6) is 0 Å². The van der Waals surface area contributed by atoms with Gasteiger partial charge in [0, 0.05) is 11.8 Å². The summed E-state index contributed by atoms with van der Waals surface area (Å²) >= 11 is 0. The van der Waals surface area contributed by atoms with Gasteiger partial charge in [0.05, 0.1) is 6.42 Å². The van der Waals surface area contributed by atoms with Crippen molar-refractivity contribution in [3.05, 3.63) is 58.3 Å². The average Bonchev–Trinajstić information content (AvgIpc) is 2.32. The highest BCUT2D eigenvalue weighted by molar-refractivity contribution is 5.71. The minimum Gasteiger partial charge on any atom is -0.481 e. The number of pyridine rings is 1. The summed E-state index contributed by atoms with van der Waals surface area (Å²) in [5.74, 6) is -1.43. The molecule has 0 unspecified atom stereocenters. The molecule has 1 aromatic carbocycles. The van der Waals surface area contributed by atoms with E-state index in [1.54, 1.807) is 12.1 Å². The zero-order valence-electron chi connectivity index (χ0n) is 9.31. The van der Waals surface area contributed by atoms with E-state index in [-0.39, 0.29) is 17.8 Å². The monoisotopic (exact) mass is 247 g/mol. The van der Waals surface area contributed by atoms with E-state index in [1.807, 2.05) is 0 Å². The molecule has 1 aromatic heterocycles. The summed E-state index contributed by atoms with van der Waals surface area (Å²) in [6.07, 6.45) is 1.13. The molecule has 0 saturated carbocycles. The Morgan fingerprint density at radius 3 is 2.50 bits per heavy atom. The molecule has 2 rings (SSSR count). The first-order valence-corrected chi connectivity index (χ1v) is 5.25. The highest BCUT2D eigenvalue weighted by Crippen LogP contribution is 2.18. The van der Waals surface area contributed by atoms with E-state index in [2.05, 4.69) is 4.98 Å². The molecule has 18 heavy (non-hydrogen) atoms. The molecule has 4 nitrogen and oxygen atoms in total. The summed E-state index contributed by atoms with van der Waals surface area (Å²) in [5.41, 5.74) is 1.10. The van der Waals surface area contributed by atoms with Crippen molar-refractivity contribution in [3.8, 4) is 11.1 Å². The average molecular weight is 247 g/mol. The van der Waals surface area contributed by atoms with Crippen LogP contribution in [0.2, 0.25) is 0 Å². The van der Waals surface area contributed by atoms with Crippen LogP contribution in [0.25, 0.3) is 11.1 Å². The van der Waals surface area contributed by atoms with Crippen molar-refractivity contribution in [2.24, 2.45) is 0 Å². The number of hydrogen-bond acceptors (Lipinski definition) is 2. The normalized spacial score (nSPS) is 10.3. The second-order valence-corrected chi connectivity index (χ2v) is 3.82. The van der Waals surface area contributed by atoms with Crippen molar-refractivity contribution in [2.45, 2.75) is 6.42 Å². The zero-order valence-corrected chi connectivity index (χ0v) is 9.31. The Morgan fingerprint density at radius 2 is 1.89 bits per heavy atom. The molecule has 0 spiro atoms. The molecule has 5 heteroatoms. The van der Waals surface area contributed by atoms with Crippen molar-refractivity contribution >= 4 is 5.97 Å². The fourth-order valence-corrected chi connectivity index (χ4v) is 1.63. The Hall–Kier alpha value is -2.43. The summed E-state index contributed by atoms with van der Waals surface area (Å²) in [6, 6.07) is 7.23. The first-order chi connectivity index (χ1) is 8.56. The van der Waals surface area contributed by atoms with Gasteiger partial charge in [-0.05, 0) is 29.3 Å². The predicted molar refractivity (Wildman–Crippen MR) is 63.8 cm³/mol. The summed E-state index contributed by atoms with van der Waals surface area (Å²) in [6.45, 7) is 0. The Bertz CT molecular complexity index is 631. The number of H-pyrrole nitrogens is 1. The molecule has 0 bridgehead atoms. The van der Waals surface area contributed by atoms with Gasteiger partial charge in [0.15, 0.2) is 0 Å². The third-order valence-electron chi connectivity index (χ3n) is 2.50. The molecule has 2 aromatic rings. The third-order valence-corrected chi connectivity index (χ3v) is 2.50. The van der Waals surface area contributed by atoms with Gasteiger partial charge in [-0.1, -0.05) is 12.1 Å². The second kappa shape index (κ2) is 4.83. The van der Waals surface area contributed by atoms with Crippen molar-refractivity contribution in [3.63, 3.8) is 0 Å². The first-order valence-electron chi connectivity index (χ1n) is 5.25. The van der Waals surface area contributed by atoms with Crippen LogP contribution < -0.4 is 5.56 Å². The van der Waals surface area contributed by atoms with Gasteiger partial charge < -0.3 is 10.1 Å². The molecule has 0 radical (unpaired) electrons. The SMILES string of the molecule is O=C(O)Cc1cc(-c2ccc(F)cc2)c[nH]c1=O. The number of aliphatic carboxylic acids is 1. The lowest BCUT2D eigenvalue weighted by Gasteiger charge is -2.03. The number of benzene rings is 1. The number of nitrogens with one attached hydrogen (secondary N) is 1. The van der Waals surface area contributed by atoms with Crippen molar-refractivity contribution in [1.29, 1.82) is 0 Å². The smallest absolute Gasteiger partial charge is 0.308 e. The molecule has 0 saturated heterocycles. The number of rotatable bonds is 3. The molecule has 2 N–H and O–H groups in total. The maximum atomic E-state index is 12.8. The highest BCUT2D eigenvalue weighted by Gasteiger charge is 2.07. The topological polar surface area (TPSA) is 70.2 Å². The van der Waals surface area contributed by atoms with Gasteiger partial charge in [-0.2, -0.15) is 0 Å². The van der Waals surface area contributed by atoms with Gasteiger partial charge in [-0.15, -0.1) is 0 Å². The molecule has 0 aliphatic heterocycles. The maximum Gasteiger partial charge on any atom is 0.308 e. The number of aromatic nitrogens is 1. The predicted octanol–water partition coefficient (Wildman–Crippen LogP) is 1.81. The van der Waals surface area contributed by atoms with Crippen LogP contribution >= 0.6 is 0 Å². The number of carbonyl (C=O) groups is 1. The zero-order chi connectivity index (χ0) is 13.1. The van der Waals surface area contributed by atoms with Gasteiger partial charge in [0.25, 0.3) is 5.56 Å². The Balaban J connectivity index is 2.43. The summed E-state index contributed by atoms with van der Waals surface area (Å²) in [5, 5.41) is 8.69. The van der Waals surface area contributed by atoms with E-state index in [4.69, 9.17) is 5.11 Å². The van der Waals surface area contributed by atoms with Crippen LogP contribution in [-0.2, 0) is 11.2 Å². The number of aromatic amines is 1. The minimum absolute atomic E-state index is 0.171. The van der Waals surface area contributed by atoms with Gasteiger partial charge in [0.2, 0.25) is 0 Å². The highest BCUT2D eigenvalue weighted by atomic mass is 19.1. The van der Waals surface area contributed by atoms with E-state index in [1.165, 1.54) is 24.4 Å². The van der Waals surface area contributed by atoms with Crippen molar-refractivity contribution in [1.82, 2.24) is 4.98 Å². The molecular formula is C13H10FNO3. The van der Waals surface area contributed by atoms with Crippen LogP contribution in [0.4, 0.5) is 4.39 Å². The fourth-order valence-electron chi connectivity index (χ4n) is 1.63. The van der Waals surface area contributed by atoms with Crippen molar-refractivity contribution < 1.29 is 14.3 Å². The van der Waals surface area contributed by atoms with Crippen molar-refractivity contribution in [2.75, 3.05) is 0 Å². The van der Waals surface area contributed by atoms with E-state index in [0.717, 1.165) is 0 Å². The molecule has 0 aliphatic rings. The molecule has 0 atom stereocenters. The third kappa shape index (κ3) is 2.63. The number of carboxylic acid groups (broad SMARTS) is 1. The van der Waals surface area contributed by atoms with Crippen LogP contribution in [0.15, 0.2) is 41.3 Å². The Kier molecular flexibility index (Phi) is 3.23.